The Hall–Kier alpha value is -3.19. The number of nitrogens with zero attached hydrogens (tertiary/aromatic N) is 5. The minimum atomic E-state index is -0.114. The molecule has 2 aromatic carbocycles. The molecule has 0 spiro atoms. The second kappa shape index (κ2) is 6.76. The zero-order chi connectivity index (χ0) is 19.1. The van der Waals surface area contributed by atoms with Gasteiger partial charge in [0.05, 0.1) is 30.2 Å². The van der Waals surface area contributed by atoms with Gasteiger partial charge in [-0.1, -0.05) is 18.2 Å². The lowest BCUT2D eigenvalue weighted by Crippen LogP contribution is -2.24. The third-order valence-corrected chi connectivity index (χ3v) is 5.37. The number of benzene rings is 2. The van der Waals surface area contributed by atoms with E-state index >= 15 is 0 Å². The number of hydrogen-bond acceptors (Lipinski definition) is 5. The summed E-state index contributed by atoms with van der Waals surface area (Å²) >= 11 is 0. The molecule has 3 heterocycles. The minimum absolute atomic E-state index is 0.114. The van der Waals surface area contributed by atoms with Gasteiger partial charge in [-0.3, -0.25) is 14.1 Å². The summed E-state index contributed by atoms with van der Waals surface area (Å²) in [6.07, 6.45) is 2.43. The molecule has 1 aliphatic heterocycles. The van der Waals surface area contributed by atoms with Crippen molar-refractivity contribution in [3.8, 4) is 11.4 Å². The zero-order valence-corrected chi connectivity index (χ0v) is 15.7. The normalized spacial score (nSPS) is 14.9. The predicted molar refractivity (Wildman–Crippen MR) is 107 cm³/mol. The van der Waals surface area contributed by atoms with Gasteiger partial charge >= 0.3 is 0 Å². The first-order chi connectivity index (χ1) is 13.8. The summed E-state index contributed by atoms with van der Waals surface area (Å²) in [6.45, 7) is 2.87. The molecule has 0 N–H and O–H groups in total. The van der Waals surface area contributed by atoms with E-state index in [1.54, 1.807) is 11.7 Å². The highest BCUT2D eigenvalue weighted by Crippen LogP contribution is 2.21. The van der Waals surface area contributed by atoms with E-state index in [-0.39, 0.29) is 5.56 Å². The van der Waals surface area contributed by atoms with Crippen LogP contribution in [0.3, 0.4) is 0 Å². The summed E-state index contributed by atoms with van der Waals surface area (Å²) in [6, 6.07) is 15.1. The van der Waals surface area contributed by atoms with E-state index in [1.807, 2.05) is 52.9 Å². The summed E-state index contributed by atoms with van der Waals surface area (Å²) in [5.74, 6) is 2.06. The number of hydrogen-bond donors (Lipinski definition) is 0. The van der Waals surface area contributed by atoms with Crippen molar-refractivity contribution in [2.45, 2.75) is 19.4 Å². The van der Waals surface area contributed by atoms with E-state index in [4.69, 9.17) is 4.74 Å². The fourth-order valence-electron chi connectivity index (χ4n) is 3.98. The molecule has 0 unspecified atom stereocenters. The van der Waals surface area contributed by atoms with Gasteiger partial charge in [-0.15, -0.1) is 10.2 Å². The van der Waals surface area contributed by atoms with Gasteiger partial charge in [0.2, 0.25) is 5.78 Å². The predicted octanol–water partition coefficient (Wildman–Crippen LogP) is 2.64. The summed E-state index contributed by atoms with van der Waals surface area (Å²) in [4.78, 5) is 15.7. The maximum Gasteiger partial charge on any atom is 0.267 e. The Bertz CT molecular complexity index is 1220. The third kappa shape index (κ3) is 2.66. The number of ether oxygens (including phenoxy) is 1. The highest BCUT2D eigenvalue weighted by atomic mass is 16.5. The Morgan fingerprint density at radius 1 is 1.04 bits per heavy atom. The Balaban J connectivity index is 1.80. The average Bonchev–Trinajstić information content (AvgIpc) is 3.39. The van der Waals surface area contributed by atoms with Crippen molar-refractivity contribution in [2.24, 2.45) is 0 Å². The molecular formula is C21H21N5O2. The van der Waals surface area contributed by atoms with Crippen molar-refractivity contribution in [2.75, 3.05) is 20.2 Å². The molecule has 28 heavy (non-hydrogen) atoms. The van der Waals surface area contributed by atoms with E-state index in [2.05, 4.69) is 15.1 Å². The highest BCUT2D eigenvalue weighted by Gasteiger charge is 2.20. The Labute approximate surface area is 161 Å². The molecule has 1 saturated heterocycles. The molecule has 7 heteroatoms. The number of fused-ring (bicyclic) bond motifs is 3. The van der Waals surface area contributed by atoms with E-state index in [9.17, 15) is 4.79 Å². The molecule has 0 atom stereocenters. The first-order valence-electron chi connectivity index (χ1n) is 9.51. The van der Waals surface area contributed by atoms with Gasteiger partial charge in [0.25, 0.3) is 5.56 Å². The topological polar surface area (TPSA) is 64.7 Å². The lowest BCUT2D eigenvalue weighted by Gasteiger charge is -2.15. The van der Waals surface area contributed by atoms with Gasteiger partial charge in [-0.2, -0.15) is 0 Å². The third-order valence-electron chi connectivity index (χ3n) is 5.37. The molecule has 0 bridgehead atoms. The van der Waals surface area contributed by atoms with Crippen LogP contribution >= 0.6 is 0 Å². The molecule has 2 aromatic heterocycles. The van der Waals surface area contributed by atoms with Crippen LogP contribution in [0.5, 0.6) is 5.75 Å². The lowest BCUT2D eigenvalue weighted by molar-refractivity contribution is 0.321. The van der Waals surface area contributed by atoms with Crippen molar-refractivity contribution in [3.05, 3.63) is 64.7 Å². The van der Waals surface area contributed by atoms with Crippen LogP contribution in [-0.4, -0.2) is 44.3 Å². The van der Waals surface area contributed by atoms with Gasteiger partial charge in [-0.25, -0.2) is 4.57 Å². The Kier molecular flexibility index (Phi) is 4.09. The highest BCUT2D eigenvalue weighted by molar-refractivity contribution is 5.81. The first-order valence-corrected chi connectivity index (χ1v) is 9.51. The summed E-state index contributed by atoms with van der Waals surface area (Å²) < 4.78 is 8.97. The monoisotopic (exact) mass is 375 g/mol. The van der Waals surface area contributed by atoms with Crippen LogP contribution in [0.2, 0.25) is 0 Å². The average molecular weight is 375 g/mol. The standard InChI is InChI=1S/C21H21N5O2/c1-28-16-8-6-7-15(13-16)25-20(27)17-9-2-3-10-18(17)26-19(22-23-21(25)26)14-24-11-4-5-12-24/h2-3,6-10,13H,4-5,11-12,14H2,1H3. The fourth-order valence-corrected chi connectivity index (χ4v) is 3.98. The smallest absolute Gasteiger partial charge is 0.267 e. The molecule has 1 aliphatic rings. The van der Waals surface area contributed by atoms with Crippen LogP contribution in [0, 0.1) is 0 Å². The van der Waals surface area contributed by atoms with Crippen LogP contribution in [-0.2, 0) is 6.54 Å². The Morgan fingerprint density at radius 2 is 1.86 bits per heavy atom. The van der Waals surface area contributed by atoms with Crippen molar-refractivity contribution in [1.29, 1.82) is 0 Å². The van der Waals surface area contributed by atoms with Crippen LogP contribution < -0.4 is 10.3 Å². The van der Waals surface area contributed by atoms with Crippen LogP contribution in [0.4, 0.5) is 0 Å². The second-order valence-corrected chi connectivity index (χ2v) is 7.09. The fraction of sp³-hybridized carbons (Fsp3) is 0.286. The van der Waals surface area contributed by atoms with Crippen molar-refractivity contribution in [1.82, 2.24) is 24.1 Å². The number of aromatic nitrogens is 4. The SMILES string of the molecule is COc1cccc(-n2c(=O)c3ccccc3n3c(CN4CCCC4)nnc23)c1. The summed E-state index contributed by atoms with van der Waals surface area (Å²) in [5.41, 5.74) is 1.43. The summed E-state index contributed by atoms with van der Waals surface area (Å²) in [7, 11) is 1.61. The van der Waals surface area contributed by atoms with Gasteiger partial charge in [-0.05, 0) is 50.2 Å². The summed E-state index contributed by atoms with van der Waals surface area (Å²) in [5, 5.41) is 9.51. The molecule has 0 aliphatic carbocycles. The molecule has 0 amide bonds. The first kappa shape index (κ1) is 16.9. The maximum atomic E-state index is 13.3. The number of para-hydroxylation sites is 1. The lowest BCUT2D eigenvalue weighted by atomic mass is 10.2. The molecule has 0 saturated carbocycles. The van der Waals surface area contributed by atoms with E-state index < -0.39 is 0 Å². The molecule has 5 rings (SSSR count). The number of rotatable bonds is 4. The maximum absolute atomic E-state index is 13.3. The van der Waals surface area contributed by atoms with Crippen molar-refractivity contribution >= 4 is 16.7 Å². The van der Waals surface area contributed by atoms with Gasteiger partial charge in [0.1, 0.15) is 5.75 Å². The quantitative estimate of drug-likeness (QED) is 0.549. The van der Waals surface area contributed by atoms with Crippen LogP contribution in [0.25, 0.3) is 22.4 Å². The number of likely N-dealkylation sites (tertiary alicyclic amines) is 1. The molecule has 142 valence electrons. The second-order valence-electron chi connectivity index (χ2n) is 7.09. The van der Waals surface area contributed by atoms with Gasteiger partial charge < -0.3 is 4.74 Å². The van der Waals surface area contributed by atoms with Gasteiger partial charge in [0.15, 0.2) is 5.82 Å². The molecular weight excluding hydrogens is 354 g/mol. The number of methoxy groups -OCH3 is 1. The largest absolute Gasteiger partial charge is 0.497 e. The zero-order valence-electron chi connectivity index (χ0n) is 15.7. The molecule has 7 nitrogen and oxygen atoms in total. The molecule has 1 fully saturated rings. The van der Waals surface area contributed by atoms with E-state index in [1.165, 1.54) is 12.8 Å². The van der Waals surface area contributed by atoms with Gasteiger partial charge in [0, 0.05) is 6.07 Å². The van der Waals surface area contributed by atoms with Crippen LogP contribution in [0.1, 0.15) is 18.7 Å². The van der Waals surface area contributed by atoms with E-state index in [0.717, 1.165) is 31.0 Å². The molecule has 0 radical (unpaired) electrons. The van der Waals surface area contributed by atoms with Crippen molar-refractivity contribution in [3.63, 3.8) is 0 Å². The molecule has 4 aromatic rings. The minimum Gasteiger partial charge on any atom is -0.497 e. The van der Waals surface area contributed by atoms with Crippen molar-refractivity contribution < 1.29 is 4.74 Å². The van der Waals surface area contributed by atoms with E-state index in [0.29, 0.717) is 22.6 Å². The Morgan fingerprint density at radius 3 is 2.68 bits per heavy atom. The van der Waals surface area contributed by atoms with Crippen LogP contribution in [0.15, 0.2) is 53.3 Å².